The Morgan fingerprint density at radius 3 is 2.29 bits per heavy atom. The van der Waals surface area contributed by atoms with Gasteiger partial charge in [0.1, 0.15) is 0 Å². The Balaban J connectivity index is 3.57. The van der Waals surface area contributed by atoms with Gasteiger partial charge in [-0.2, -0.15) is 0 Å². The van der Waals surface area contributed by atoms with Crippen LogP contribution in [0.1, 0.15) is 20.3 Å². The van der Waals surface area contributed by atoms with E-state index in [-0.39, 0.29) is 5.25 Å². The molecule has 3 heteroatoms. The van der Waals surface area contributed by atoms with Gasteiger partial charge in [-0.3, -0.25) is 4.21 Å². The first kappa shape index (κ1) is 7.37. The van der Waals surface area contributed by atoms with Gasteiger partial charge in [-0.25, -0.2) is 0 Å². The summed E-state index contributed by atoms with van der Waals surface area (Å²) in [5, 5.41) is 0.227. The predicted molar refractivity (Wildman–Crippen MR) is 36.7 cm³/mol. The summed E-state index contributed by atoms with van der Waals surface area (Å²) in [5.74, 6) is 0. The molecular formula is C4H10OS2. The van der Waals surface area contributed by atoms with Crippen molar-refractivity contribution in [2.45, 2.75) is 25.5 Å². The van der Waals surface area contributed by atoms with Gasteiger partial charge in [0.2, 0.25) is 0 Å². The van der Waals surface area contributed by atoms with Gasteiger partial charge in [0, 0.05) is 14.6 Å². The van der Waals surface area contributed by atoms with Crippen molar-refractivity contribution in [3.8, 4) is 0 Å². The van der Waals surface area contributed by atoms with E-state index in [4.69, 9.17) is 0 Å². The summed E-state index contributed by atoms with van der Waals surface area (Å²) < 4.78 is 10.3. The highest BCUT2D eigenvalue weighted by molar-refractivity contribution is 8.22. The first-order valence-corrected chi connectivity index (χ1v) is 4.66. The first-order valence-electron chi connectivity index (χ1n) is 2.32. The number of hydrogen-bond donors (Lipinski definition) is 1. The van der Waals surface area contributed by atoms with Crippen molar-refractivity contribution < 1.29 is 4.21 Å². The van der Waals surface area contributed by atoms with Crippen LogP contribution in [-0.2, 0) is 20.5 Å². The fraction of sp³-hybridized carbons (Fsp3) is 1.00. The van der Waals surface area contributed by atoms with Crippen LogP contribution in [0.5, 0.6) is 0 Å². The third-order valence-corrected chi connectivity index (χ3v) is 3.12. The molecule has 0 amide bonds. The molecule has 44 valence electrons. The molecule has 2 unspecified atom stereocenters. The second-order valence-corrected chi connectivity index (χ2v) is 4.07. The summed E-state index contributed by atoms with van der Waals surface area (Å²) in [4.78, 5) is 0. The standard InChI is InChI=1S/C4H10OS2/c1-3-4(2)7(5)6/h4,7H,3H2,1-2H3. The van der Waals surface area contributed by atoms with E-state index in [1.54, 1.807) is 0 Å². The van der Waals surface area contributed by atoms with Crippen LogP contribution in [0.15, 0.2) is 0 Å². The molecule has 0 N–H and O–H groups in total. The zero-order valence-corrected chi connectivity index (χ0v) is 6.26. The fourth-order valence-corrected chi connectivity index (χ4v) is 0.894. The Morgan fingerprint density at radius 2 is 2.29 bits per heavy atom. The van der Waals surface area contributed by atoms with E-state index in [0.717, 1.165) is 6.42 Å². The normalized spacial score (nSPS) is 18.6. The highest BCUT2D eigenvalue weighted by Gasteiger charge is 1.93. The zero-order valence-electron chi connectivity index (χ0n) is 4.55. The van der Waals surface area contributed by atoms with Gasteiger partial charge in [-0.15, -0.1) is 0 Å². The molecule has 2 atom stereocenters. The maximum Gasteiger partial charge on any atom is 0.0314 e. The summed E-state index contributed by atoms with van der Waals surface area (Å²) in [6, 6.07) is 0. The van der Waals surface area contributed by atoms with Gasteiger partial charge in [0.25, 0.3) is 0 Å². The smallest absolute Gasteiger partial charge is 0.0314 e. The highest BCUT2D eigenvalue weighted by atomic mass is 32.8. The highest BCUT2D eigenvalue weighted by Crippen LogP contribution is 1.91. The van der Waals surface area contributed by atoms with E-state index in [1.165, 1.54) is 0 Å². The van der Waals surface area contributed by atoms with Crippen molar-refractivity contribution in [1.82, 2.24) is 0 Å². The lowest BCUT2D eigenvalue weighted by molar-refractivity contribution is 0.682. The largest absolute Gasteiger partial charge is 0.260 e. The van der Waals surface area contributed by atoms with Gasteiger partial charge in [0.15, 0.2) is 0 Å². The maximum atomic E-state index is 10.3. The molecule has 0 saturated heterocycles. The quantitative estimate of drug-likeness (QED) is 0.567. The molecule has 0 aromatic heterocycles. The van der Waals surface area contributed by atoms with Crippen LogP contribution in [0, 0.1) is 0 Å². The molecule has 0 bridgehead atoms. The summed E-state index contributed by atoms with van der Waals surface area (Å²) >= 11 is 4.51. The molecule has 0 rings (SSSR count). The van der Waals surface area contributed by atoms with Gasteiger partial charge in [-0.05, 0) is 17.6 Å². The van der Waals surface area contributed by atoms with Crippen LogP contribution < -0.4 is 0 Å². The minimum atomic E-state index is -1.33. The van der Waals surface area contributed by atoms with Crippen molar-refractivity contribution >= 4 is 20.5 Å². The third kappa shape index (κ3) is 3.00. The lowest BCUT2D eigenvalue weighted by Crippen LogP contribution is -1.98. The predicted octanol–water partition coefficient (Wildman–Crippen LogP) is 0.728. The monoisotopic (exact) mass is 138 g/mol. The fourth-order valence-electron chi connectivity index (χ4n) is 0.149. The molecule has 0 aromatic rings. The average molecular weight is 138 g/mol. The van der Waals surface area contributed by atoms with E-state index in [1.807, 2.05) is 13.8 Å². The molecule has 0 spiro atoms. The molecular weight excluding hydrogens is 128 g/mol. The van der Waals surface area contributed by atoms with Gasteiger partial charge in [0.05, 0.1) is 0 Å². The maximum absolute atomic E-state index is 10.3. The first-order chi connectivity index (χ1) is 3.18. The molecule has 0 aromatic carbocycles. The summed E-state index contributed by atoms with van der Waals surface area (Å²) in [5.41, 5.74) is 0. The number of thiol groups is 1. The Labute approximate surface area is 50.8 Å². The SMILES string of the molecule is CCC(C)[SH](=O)=S. The summed E-state index contributed by atoms with van der Waals surface area (Å²) in [6.45, 7) is 3.90. The zero-order chi connectivity index (χ0) is 5.86. The molecule has 7 heavy (non-hydrogen) atoms. The summed E-state index contributed by atoms with van der Waals surface area (Å²) in [6.07, 6.45) is 0.929. The molecule has 0 aliphatic heterocycles. The topological polar surface area (TPSA) is 17.1 Å². The van der Waals surface area contributed by atoms with Crippen molar-refractivity contribution in [2.24, 2.45) is 0 Å². The van der Waals surface area contributed by atoms with Crippen LogP contribution in [0.3, 0.4) is 0 Å². The number of hydrogen-bond acceptors (Lipinski definition) is 2. The van der Waals surface area contributed by atoms with E-state index < -0.39 is 9.36 Å². The molecule has 0 radical (unpaired) electrons. The van der Waals surface area contributed by atoms with E-state index >= 15 is 0 Å². The third-order valence-electron chi connectivity index (χ3n) is 0.951. The van der Waals surface area contributed by atoms with Crippen LogP contribution in [-0.4, -0.2) is 9.46 Å². The van der Waals surface area contributed by atoms with Crippen LogP contribution in [0.2, 0.25) is 0 Å². The van der Waals surface area contributed by atoms with Gasteiger partial charge in [-0.1, -0.05) is 13.8 Å². The van der Waals surface area contributed by atoms with Crippen molar-refractivity contribution in [3.05, 3.63) is 0 Å². The van der Waals surface area contributed by atoms with Gasteiger partial charge < -0.3 is 0 Å². The minimum Gasteiger partial charge on any atom is -0.260 e. The van der Waals surface area contributed by atoms with Gasteiger partial charge >= 0.3 is 0 Å². The Hall–Kier alpha value is 0.370. The number of rotatable bonds is 2. The Kier molecular flexibility index (Phi) is 3.56. The van der Waals surface area contributed by atoms with Crippen LogP contribution in [0.25, 0.3) is 0 Å². The lowest BCUT2D eigenvalue weighted by Gasteiger charge is -1.94. The van der Waals surface area contributed by atoms with Crippen molar-refractivity contribution in [1.29, 1.82) is 0 Å². The lowest BCUT2D eigenvalue weighted by atomic mass is 10.4. The second kappa shape index (κ2) is 3.38. The molecule has 0 aliphatic carbocycles. The van der Waals surface area contributed by atoms with Crippen LogP contribution in [0.4, 0.5) is 0 Å². The molecule has 0 fully saturated rings. The molecule has 1 nitrogen and oxygen atoms in total. The van der Waals surface area contributed by atoms with Crippen LogP contribution >= 0.6 is 0 Å². The minimum absolute atomic E-state index is 0.227. The average Bonchev–Trinajstić information content (AvgIpc) is 1.65. The van der Waals surface area contributed by atoms with E-state index in [2.05, 4.69) is 11.2 Å². The summed E-state index contributed by atoms with van der Waals surface area (Å²) in [7, 11) is -1.33. The molecule has 0 heterocycles. The Morgan fingerprint density at radius 1 is 1.86 bits per heavy atom. The second-order valence-electron chi connectivity index (χ2n) is 1.54. The Bertz CT molecular complexity index is 98.3. The molecule has 0 saturated carbocycles. The van der Waals surface area contributed by atoms with E-state index in [9.17, 15) is 4.21 Å². The van der Waals surface area contributed by atoms with E-state index in [0.29, 0.717) is 0 Å². The molecule has 0 aliphatic rings. The van der Waals surface area contributed by atoms with Crippen molar-refractivity contribution in [3.63, 3.8) is 0 Å². The van der Waals surface area contributed by atoms with Crippen molar-refractivity contribution in [2.75, 3.05) is 0 Å².